The number of phenols is 2. The molecule has 2 N–H and O–H groups in total. The van der Waals surface area contributed by atoms with Crippen molar-refractivity contribution >= 4 is 40.3 Å². The van der Waals surface area contributed by atoms with Crippen molar-refractivity contribution in [1.29, 1.82) is 0 Å². The first-order valence-corrected chi connectivity index (χ1v) is 9.78. The number of hydrogen-bond acceptors (Lipinski definition) is 5. The van der Waals surface area contributed by atoms with E-state index in [4.69, 9.17) is 23.2 Å². The van der Waals surface area contributed by atoms with Crippen LogP contribution in [0.3, 0.4) is 0 Å². The molecule has 0 fully saturated rings. The van der Waals surface area contributed by atoms with Crippen molar-refractivity contribution < 1.29 is 10.2 Å². The molecule has 5 nitrogen and oxygen atoms in total. The number of aromatic hydroxyl groups is 2. The molecule has 140 valence electrons. The van der Waals surface area contributed by atoms with E-state index in [9.17, 15) is 10.2 Å². The van der Waals surface area contributed by atoms with E-state index < -0.39 is 0 Å². The molecule has 0 unspecified atom stereocenters. The molecule has 0 radical (unpaired) electrons. The zero-order valence-electron chi connectivity index (χ0n) is 14.6. The van der Waals surface area contributed by atoms with Crippen LogP contribution >= 0.6 is 34.5 Å². The summed E-state index contributed by atoms with van der Waals surface area (Å²) >= 11 is 13.8. The van der Waals surface area contributed by atoms with Crippen molar-refractivity contribution in [3.8, 4) is 22.8 Å². The van der Waals surface area contributed by atoms with Crippen LogP contribution in [-0.2, 0) is 0 Å². The molecule has 3 aromatic rings. The average molecular weight is 422 g/mol. The maximum absolute atomic E-state index is 10.1. The van der Waals surface area contributed by atoms with Gasteiger partial charge in [-0.3, -0.25) is 4.99 Å². The SMILES string of the molecule is CCN=c1scc(-c2ccc(Cl)cc2Cl)n1N=C(C)c1ccc(O)cc1O. The first-order valence-electron chi connectivity index (χ1n) is 8.15. The highest BCUT2D eigenvalue weighted by atomic mass is 35.5. The topological polar surface area (TPSA) is 70.1 Å². The number of phenolic OH excluding ortho intramolecular Hbond substituents is 2. The molecule has 0 saturated heterocycles. The summed E-state index contributed by atoms with van der Waals surface area (Å²) in [5, 5.41) is 27.3. The quantitative estimate of drug-likeness (QED) is 0.573. The van der Waals surface area contributed by atoms with E-state index in [1.54, 1.807) is 29.8 Å². The van der Waals surface area contributed by atoms with Crippen LogP contribution in [0.1, 0.15) is 19.4 Å². The number of rotatable bonds is 4. The molecule has 0 atom stereocenters. The summed E-state index contributed by atoms with van der Waals surface area (Å²) in [7, 11) is 0. The van der Waals surface area contributed by atoms with Gasteiger partial charge in [-0.05, 0) is 44.2 Å². The van der Waals surface area contributed by atoms with Gasteiger partial charge in [0.25, 0.3) is 0 Å². The Hall–Kier alpha value is -2.28. The van der Waals surface area contributed by atoms with Gasteiger partial charge in [-0.15, -0.1) is 11.3 Å². The van der Waals surface area contributed by atoms with Gasteiger partial charge in [0, 0.05) is 34.1 Å². The Morgan fingerprint density at radius 2 is 1.93 bits per heavy atom. The summed E-state index contributed by atoms with van der Waals surface area (Å²) in [5.41, 5.74) is 2.63. The Labute approximate surface area is 170 Å². The van der Waals surface area contributed by atoms with Crippen LogP contribution in [0.4, 0.5) is 0 Å². The van der Waals surface area contributed by atoms with E-state index in [0.29, 0.717) is 32.7 Å². The Morgan fingerprint density at radius 1 is 1.15 bits per heavy atom. The van der Waals surface area contributed by atoms with E-state index >= 15 is 0 Å². The van der Waals surface area contributed by atoms with Gasteiger partial charge in [0.2, 0.25) is 4.80 Å². The normalized spacial score (nSPS) is 12.6. The smallest absolute Gasteiger partial charge is 0.206 e. The lowest BCUT2D eigenvalue weighted by molar-refractivity contribution is 0.450. The molecule has 8 heteroatoms. The van der Waals surface area contributed by atoms with Crippen molar-refractivity contribution in [2.24, 2.45) is 10.1 Å². The fourth-order valence-corrected chi connectivity index (χ4v) is 3.94. The van der Waals surface area contributed by atoms with Crippen LogP contribution in [0.2, 0.25) is 10.0 Å². The number of aromatic nitrogens is 1. The molecule has 1 aromatic heterocycles. The lowest BCUT2D eigenvalue weighted by atomic mass is 10.1. The molecule has 0 saturated carbocycles. The Kier molecular flexibility index (Phi) is 5.89. The van der Waals surface area contributed by atoms with Crippen molar-refractivity contribution in [3.05, 3.63) is 62.2 Å². The minimum atomic E-state index is -0.0489. The first kappa shape index (κ1) is 19.5. The fourth-order valence-electron chi connectivity index (χ4n) is 2.55. The highest BCUT2D eigenvalue weighted by Gasteiger charge is 2.13. The van der Waals surface area contributed by atoms with E-state index in [2.05, 4.69) is 10.1 Å². The lowest BCUT2D eigenvalue weighted by Gasteiger charge is -2.09. The molecule has 0 amide bonds. The van der Waals surface area contributed by atoms with Gasteiger partial charge in [0.05, 0.1) is 16.4 Å². The third-order valence-electron chi connectivity index (χ3n) is 3.81. The molecule has 0 aliphatic carbocycles. The summed E-state index contributed by atoms with van der Waals surface area (Å²) in [6.07, 6.45) is 0. The van der Waals surface area contributed by atoms with E-state index in [-0.39, 0.29) is 11.5 Å². The Bertz CT molecular complexity index is 1090. The van der Waals surface area contributed by atoms with Gasteiger partial charge in [-0.1, -0.05) is 23.2 Å². The van der Waals surface area contributed by atoms with Gasteiger partial charge < -0.3 is 10.2 Å². The first-order chi connectivity index (χ1) is 12.9. The third-order valence-corrected chi connectivity index (χ3v) is 5.21. The molecular weight excluding hydrogens is 405 g/mol. The maximum atomic E-state index is 10.1. The van der Waals surface area contributed by atoms with Gasteiger partial charge in [0.15, 0.2) is 0 Å². The predicted octanol–water partition coefficient (Wildman–Crippen LogP) is 5.13. The second kappa shape index (κ2) is 8.17. The molecule has 0 aliphatic heterocycles. The van der Waals surface area contributed by atoms with Crippen molar-refractivity contribution in [3.63, 3.8) is 0 Å². The molecule has 27 heavy (non-hydrogen) atoms. The van der Waals surface area contributed by atoms with Crippen LogP contribution in [-0.4, -0.2) is 27.1 Å². The number of benzene rings is 2. The highest BCUT2D eigenvalue weighted by molar-refractivity contribution is 7.07. The molecule has 1 heterocycles. The summed E-state index contributed by atoms with van der Waals surface area (Å²) in [5.74, 6) is -0.0605. The molecule has 0 bridgehead atoms. The third kappa shape index (κ3) is 4.18. The van der Waals surface area contributed by atoms with Crippen molar-refractivity contribution in [2.45, 2.75) is 13.8 Å². The van der Waals surface area contributed by atoms with Gasteiger partial charge in [-0.2, -0.15) is 5.10 Å². The van der Waals surface area contributed by atoms with Crippen LogP contribution < -0.4 is 4.80 Å². The standard InChI is InChI=1S/C19H17Cl2N3O2S/c1-3-22-19-24(23-11(2)14-7-5-13(25)9-18(14)26)17(10-27-19)15-6-4-12(20)8-16(15)21/h4-10,25-26H,3H2,1-2H3. The molecule has 3 rings (SSSR count). The van der Waals surface area contributed by atoms with Gasteiger partial charge in [-0.25, -0.2) is 4.68 Å². The summed E-state index contributed by atoms with van der Waals surface area (Å²) in [4.78, 5) is 5.19. The van der Waals surface area contributed by atoms with Gasteiger partial charge in [0.1, 0.15) is 11.5 Å². The summed E-state index contributed by atoms with van der Waals surface area (Å²) in [6, 6.07) is 9.68. The number of nitrogens with zero attached hydrogens (tertiary/aromatic N) is 3. The summed E-state index contributed by atoms with van der Waals surface area (Å²) in [6.45, 7) is 4.33. The number of halogens is 2. The lowest BCUT2D eigenvalue weighted by Crippen LogP contribution is -2.14. The largest absolute Gasteiger partial charge is 0.508 e. The Balaban J connectivity index is 2.19. The molecule has 0 aliphatic rings. The summed E-state index contributed by atoms with van der Waals surface area (Å²) < 4.78 is 1.70. The minimum absolute atomic E-state index is 0.0115. The predicted molar refractivity (Wildman–Crippen MR) is 111 cm³/mol. The second-order valence-electron chi connectivity index (χ2n) is 5.70. The van der Waals surface area contributed by atoms with E-state index in [1.807, 2.05) is 18.4 Å². The minimum Gasteiger partial charge on any atom is -0.508 e. The van der Waals surface area contributed by atoms with Crippen LogP contribution in [0, 0.1) is 0 Å². The molecule has 2 aromatic carbocycles. The Morgan fingerprint density at radius 3 is 2.59 bits per heavy atom. The monoisotopic (exact) mass is 421 g/mol. The van der Waals surface area contributed by atoms with Crippen LogP contribution in [0.15, 0.2) is 51.9 Å². The van der Waals surface area contributed by atoms with E-state index in [0.717, 1.165) is 11.3 Å². The van der Waals surface area contributed by atoms with Crippen LogP contribution in [0.5, 0.6) is 11.5 Å². The number of hydrogen-bond donors (Lipinski definition) is 2. The fraction of sp³-hybridized carbons (Fsp3) is 0.158. The zero-order chi connectivity index (χ0) is 19.6. The molecule has 0 spiro atoms. The van der Waals surface area contributed by atoms with E-state index in [1.165, 1.54) is 23.5 Å². The highest BCUT2D eigenvalue weighted by Crippen LogP contribution is 2.31. The van der Waals surface area contributed by atoms with Crippen molar-refractivity contribution in [2.75, 3.05) is 6.54 Å². The van der Waals surface area contributed by atoms with Crippen LogP contribution in [0.25, 0.3) is 11.3 Å². The second-order valence-corrected chi connectivity index (χ2v) is 7.38. The average Bonchev–Trinajstić information content (AvgIpc) is 2.97. The van der Waals surface area contributed by atoms with Crippen molar-refractivity contribution in [1.82, 2.24) is 4.68 Å². The zero-order valence-corrected chi connectivity index (χ0v) is 17.0. The maximum Gasteiger partial charge on any atom is 0.206 e. The number of thiazole rings is 1. The molecular formula is C19H17Cl2N3O2S. The van der Waals surface area contributed by atoms with Gasteiger partial charge >= 0.3 is 0 Å².